The molecule has 0 bridgehead atoms. The highest BCUT2D eigenvalue weighted by Crippen LogP contribution is 2.28. The third-order valence-electron chi connectivity index (χ3n) is 4.14. The van der Waals surface area contributed by atoms with Crippen LogP contribution in [0.3, 0.4) is 0 Å². The van der Waals surface area contributed by atoms with Crippen LogP contribution in [0.15, 0.2) is 48.0 Å². The van der Waals surface area contributed by atoms with Crippen molar-refractivity contribution in [1.29, 1.82) is 0 Å². The van der Waals surface area contributed by atoms with Gasteiger partial charge in [0.2, 0.25) is 0 Å². The number of primary amides is 1. The molecular weight excluding hydrogens is 426 g/mol. The van der Waals surface area contributed by atoms with Gasteiger partial charge in [-0.05, 0) is 55.0 Å². The Bertz CT molecular complexity index is 1080. The number of anilines is 1. The van der Waals surface area contributed by atoms with Crippen molar-refractivity contribution in [2.45, 2.75) is 6.92 Å². The van der Waals surface area contributed by atoms with E-state index in [4.69, 9.17) is 26.8 Å². The lowest BCUT2D eigenvalue weighted by atomic mass is 10.1. The molecule has 2 aromatic carbocycles. The molecule has 9 nitrogen and oxygen atoms in total. The van der Waals surface area contributed by atoms with Crippen LogP contribution in [0, 0.1) is 0 Å². The molecule has 0 aliphatic carbocycles. The summed E-state index contributed by atoms with van der Waals surface area (Å²) in [7, 11) is 0. The minimum atomic E-state index is -0.857. The molecule has 160 valence electrons. The predicted octanol–water partition coefficient (Wildman–Crippen LogP) is 2.27. The Labute approximate surface area is 182 Å². The Morgan fingerprint density at radius 3 is 2.45 bits per heavy atom. The lowest BCUT2D eigenvalue weighted by Gasteiger charge is -2.26. The van der Waals surface area contributed by atoms with Crippen LogP contribution in [0.1, 0.15) is 12.5 Å². The maximum Gasteiger partial charge on any atom is 0.335 e. The van der Waals surface area contributed by atoms with Crippen molar-refractivity contribution >= 4 is 47.1 Å². The summed E-state index contributed by atoms with van der Waals surface area (Å²) in [4.78, 5) is 49.2. The highest BCUT2D eigenvalue weighted by molar-refractivity contribution is 6.39. The van der Waals surface area contributed by atoms with Crippen LogP contribution in [-0.2, 0) is 14.4 Å². The summed E-state index contributed by atoms with van der Waals surface area (Å²) in [6.45, 7) is 1.96. The Kier molecular flexibility index (Phi) is 6.56. The maximum absolute atomic E-state index is 12.9. The molecule has 1 saturated heterocycles. The average Bonchev–Trinajstić information content (AvgIpc) is 2.71. The summed E-state index contributed by atoms with van der Waals surface area (Å²) in [5, 5.41) is 2.30. The summed E-state index contributed by atoms with van der Waals surface area (Å²) in [6, 6.07) is 9.90. The molecule has 0 spiro atoms. The van der Waals surface area contributed by atoms with E-state index in [-0.39, 0.29) is 28.6 Å². The molecule has 0 aromatic heterocycles. The lowest BCUT2D eigenvalue weighted by molar-refractivity contribution is -0.123. The standard InChI is InChI=1S/C21H18ClN3O6/c1-2-30-14-6-4-13(5-7-14)25-20(28)15(19(27)24-21(25)29)9-12-3-8-17(16(22)10-12)31-11-18(23)26/h3-10H,2,11H2,1H3,(H2,23,26)(H,24,27,29)/b15-9+. The molecule has 31 heavy (non-hydrogen) atoms. The molecule has 0 radical (unpaired) electrons. The number of nitrogens with two attached hydrogens (primary N) is 1. The molecule has 0 unspecified atom stereocenters. The first-order chi connectivity index (χ1) is 14.8. The van der Waals surface area contributed by atoms with Crippen molar-refractivity contribution in [3.8, 4) is 11.5 Å². The van der Waals surface area contributed by atoms with Crippen LogP contribution in [0.4, 0.5) is 10.5 Å². The minimum absolute atomic E-state index is 0.152. The van der Waals surface area contributed by atoms with Crippen molar-refractivity contribution in [3.05, 3.63) is 58.6 Å². The molecular formula is C21H18ClN3O6. The van der Waals surface area contributed by atoms with Gasteiger partial charge in [-0.2, -0.15) is 0 Å². The third-order valence-corrected chi connectivity index (χ3v) is 4.44. The SMILES string of the molecule is CCOc1ccc(N2C(=O)NC(=O)/C(=C\c3ccc(OCC(N)=O)c(Cl)c3)C2=O)cc1. The van der Waals surface area contributed by atoms with Gasteiger partial charge in [-0.3, -0.25) is 19.7 Å². The number of hydrogen-bond donors (Lipinski definition) is 2. The minimum Gasteiger partial charge on any atom is -0.494 e. The summed E-state index contributed by atoms with van der Waals surface area (Å²) in [5.74, 6) is -1.49. The zero-order valence-corrected chi connectivity index (χ0v) is 17.1. The molecule has 1 aliphatic heterocycles. The van der Waals surface area contributed by atoms with Gasteiger partial charge in [0.05, 0.1) is 17.3 Å². The Balaban J connectivity index is 1.88. The van der Waals surface area contributed by atoms with Gasteiger partial charge < -0.3 is 15.2 Å². The number of hydrogen-bond acceptors (Lipinski definition) is 6. The number of carbonyl (C=O) groups is 4. The third kappa shape index (κ3) is 5.01. The number of benzene rings is 2. The molecule has 1 heterocycles. The molecule has 1 fully saturated rings. The van der Waals surface area contributed by atoms with Gasteiger partial charge in [0, 0.05) is 0 Å². The van der Waals surface area contributed by atoms with Gasteiger partial charge in [0.15, 0.2) is 6.61 Å². The number of urea groups is 1. The van der Waals surface area contributed by atoms with E-state index in [1.807, 2.05) is 6.92 Å². The van der Waals surface area contributed by atoms with Gasteiger partial charge >= 0.3 is 6.03 Å². The first-order valence-electron chi connectivity index (χ1n) is 9.15. The van der Waals surface area contributed by atoms with Crippen molar-refractivity contribution in [2.24, 2.45) is 5.73 Å². The number of rotatable bonds is 7. The Morgan fingerprint density at radius 1 is 1.13 bits per heavy atom. The summed E-state index contributed by atoms with van der Waals surface area (Å²) in [6.07, 6.45) is 1.30. The van der Waals surface area contributed by atoms with E-state index in [2.05, 4.69) is 5.32 Å². The van der Waals surface area contributed by atoms with Gasteiger partial charge in [-0.25, -0.2) is 9.69 Å². The number of amides is 5. The zero-order chi connectivity index (χ0) is 22.5. The fourth-order valence-corrected chi connectivity index (χ4v) is 3.03. The normalized spacial score (nSPS) is 15.1. The van der Waals surface area contributed by atoms with E-state index < -0.39 is 23.8 Å². The van der Waals surface area contributed by atoms with E-state index in [0.717, 1.165) is 4.90 Å². The quantitative estimate of drug-likeness (QED) is 0.499. The molecule has 10 heteroatoms. The summed E-state index contributed by atoms with van der Waals surface area (Å²) in [5.41, 5.74) is 5.47. The van der Waals surface area contributed by atoms with Crippen molar-refractivity contribution in [2.75, 3.05) is 18.1 Å². The monoisotopic (exact) mass is 443 g/mol. The fourth-order valence-electron chi connectivity index (χ4n) is 2.79. The lowest BCUT2D eigenvalue weighted by Crippen LogP contribution is -2.54. The van der Waals surface area contributed by atoms with E-state index in [9.17, 15) is 19.2 Å². The maximum atomic E-state index is 12.9. The predicted molar refractivity (Wildman–Crippen MR) is 113 cm³/mol. The van der Waals surface area contributed by atoms with Gasteiger partial charge in [-0.1, -0.05) is 17.7 Å². The van der Waals surface area contributed by atoms with Crippen molar-refractivity contribution in [3.63, 3.8) is 0 Å². The number of nitrogens with zero attached hydrogens (tertiary/aromatic N) is 1. The number of nitrogens with one attached hydrogen (secondary N) is 1. The molecule has 5 amide bonds. The van der Waals surface area contributed by atoms with Crippen molar-refractivity contribution < 1.29 is 28.7 Å². The van der Waals surface area contributed by atoms with Crippen LogP contribution < -0.4 is 25.4 Å². The second-order valence-electron chi connectivity index (χ2n) is 6.33. The topological polar surface area (TPSA) is 128 Å². The van der Waals surface area contributed by atoms with Crippen LogP contribution in [-0.4, -0.2) is 37.0 Å². The zero-order valence-electron chi connectivity index (χ0n) is 16.4. The number of imide groups is 2. The van der Waals surface area contributed by atoms with Crippen LogP contribution in [0.2, 0.25) is 5.02 Å². The van der Waals surface area contributed by atoms with E-state index >= 15 is 0 Å². The highest BCUT2D eigenvalue weighted by atomic mass is 35.5. The van der Waals surface area contributed by atoms with E-state index in [1.165, 1.54) is 36.4 Å². The van der Waals surface area contributed by atoms with Crippen LogP contribution in [0.25, 0.3) is 6.08 Å². The Hall–Kier alpha value is -3.85. The fraction of sp³-hybridized carbons (Fsp3) is 0.143. The van der Waals surface area contributed by atoms with Gasteiger partial charge in [0.25, 0.3) is 17.7 Å². The largest absolute Gasteiger partial charge is 0.494 e. The van der Waals surface area contributed by atoms with Crippen LogP contribution >= 0.6 is 11.6 Å². The second kappa shape index (κ2) is 9.31. The molecule has 3 rings (SSSR count). The first-order valence-corrected chi connectivity index (χ1v) is 9.53. The molecule has 0 saturated carbocycles. The molecule has 0 atom stereocenters. The highest BCUT2D eigenvalue weighted by Gasteiger charge is 2.36. The summed E-state index contributed by atoms with van der Waals surface area (Å²) < 4.78 is 10.5. The smallest absolute Gasteiger partial charge is 0.335 e. The van der Waals surface area contributed by atoms with E-state index in [1.54, 1.807) is 12.1 Å². The molecule has 2 aromatic rings. The molecule has 1 aliphatic rings. The van der Waals surface area contributed by atoms with E-state index in [0.29, 0.717) is 17.9 Å². The molecule has 3 N–H and O–H groups in total. The van der Waals surface area contributed by atoms with Gasteiger partial charge in [0.1, 0.15) is 17.1 Å². The van der Waals surface area contributed by atoms with Crippen LogP contribution in [0.5, 0.6) is 11.5 Å². The number of barbiturate groups is 1. The second-order valence-corrected chi connectivity index (χ2v) is 6.74. The van der Waals surface area contributed by atoms with Crippen molar-refractivity contribution in [1.82, 2.24) is 5.32 Å². The number of halogens is 1. The van der Waals surface area contributed by atoms with Gasteiger partial charge in [-0.15, -0.1) is 0 Å². The average molecular weight is 444 g/mol. The Morgan fingerprint density at radius 2 is 1.84 bits per heavy atom. The first kappa shape index (κ1) is 21.8. The summed E-state index contributed by atoms with van der Waals surface area (Å²) >= 11 is 6.12. The number of carbonyl (C=O) groups excluding carboxylic acids is 4. The number of ether oxygens (including phenoxy) is 2.